The topological polar surface area (TPSA) is 68.2 Å². The van der Waals surface area contributed by atoms with Crippen molar-refractivity contribution in [1.29, 1.82) is 0 Å². The van der Waals surface area contributed by atoms with E-state index in [4.69, 9.17) is 14.2 Å². The van der Waals surface area contributed by atoms with Gasteiger partial charge in [0.2, 0.25) is 0 Å². The van der Waals surface area contributed by atoms with Gasteiger partial charge in [-0.15, -0.1) is 35.3 Å². The van der Waals surface area contributed by atoms with Crippen molar-refractivity contribution in [2.24, 2.45) is 4.99 Å². The quantitative estimate of drug-likeness (QED) is 0.244. The molecular formula is C15H29IN4O3S. The molecule has 0 aromatic carbocycles. The van der Waals surface area contributed by atoms with Crippen LogP contribution >= 0.6 is 35.3 Å². The molecule has 1 N–H and O–H groups in total. The Balaban J connectivity index is 0.00000529. The summed E-state index contributed by atoms with van der Waals surface area (Å²) in [6, 6.07) is 0. The van der Waals surface area contributed by atoms with E-state index in [0.717, 1.165) is 16.7 Å². The first-order valence-electron chi connectivity index (χ1n) is 7.57. The van der Waals surface area contributed by atoms with Gasteiger partial charge in [-0.25, -0.2) is 4.98 Å². The van der Waals surface area contributed by atoms with E-state index in [1.165, 1.54) is 0 Å². The zero-order chi connectivity index (χ0) is 17.1. The molecule has 0 amide bonds. The predicted molar refractivity (Wildman–Crippen MR) is 108 cm³/mol. The lowest BCUT2D eigenvalue weighted by atomic mass is 10.4. The zero-order valence-corrected chi connectivity index (χ0v) is 18.2. The average Bonchev–Trinajstić information content (AvgIpc) is 3.01. The number of hydrogen-bond donors (Lipinski definition) is 1. The molecule has 1 heterocycles. The molecule has 0 bridgehead atoms. The van der Waals surface area contributed by atoms with E-state index in [1.54, 1.807) is 32.6 Å². The summed E-state index contributed by atoms with van der Waals surface area (Å²) >= 11 is 1.62. The van der Waals surface area contributed by atoms with E-state index in [2.05, 4.69) is 20.7 Å². The first kappa shape index (κ1) is 23.5. The fourth-order valence-corrected chi connectivity index (χ4v) is 2.71. The zero-order valence-electron chi connectivity index (χ0n) is 15.1. The lowest BCUT2D eigenvalue weighted by Gasteiger charge is -2.21. The molecule has 0 saturated carbocycles. The minimum atomic E-state index is 0. The number of nitrogens with one attached hydrogen (secondary N) is 1. The SMILES string of the molecule is CN=C(NCCOCCOC)N(C)Cc1csc(C(C)OC)n1.I. The van der Waals surface area contributed by atoms with Crippen molar-refractivity contribution < 1.29 is 14.2 Å². The number of thiazole rings is 1. The van der Waals surface area contributed by atoms with E-state index in [1.807, 2.05) is 18.9 Å². The number of methoxy groups -OCH3 is 2. The Morgan fingerprint density at radius 1 is 1.38 bits per heavy atom. The van der Waals surface area contributed by atoms with E-state index in [0.29, 0.717) is 32.9 Å². The molecule has 0 radical (unpaired) electrons. The Labute approximate surface area is 165 Å². The molecular weight excluding hydrogens is 443 g/mol. The second-order valence-electron chi connectivity index (χ2n) is 4.99. The number of aliphatic imine (C=N–C) groups is 1. The number of hydrogen-bond acceptors (Lipinski definition) is 6. The molecule has 0 aliphatic rings. The molecule has 1 atom stereocenters. The summed E-state index contributed by atoms with van der Waals surface area (Å²) in [5.74, 6) is 0.815. The van der Waals surface area contributed by atoms with Gasteiger partial charge < -0.3 is 24.4 Å². The van der Waals surface area contributed by atoms with E-state index in [-0.39, 0.29) is 30.1 Å². The fourth-order valence-electron chi connectivity index (χ4n) is 1.86. The van der Waals surface area contributed by atoms with Gasteiger partial charge in [0.05, 0.1) is 32.1 Å². The maximum absolute atomic E-state index is 5.42. The Morgan fingerprint density at radius 3 is 2.75 bits per heavy atom. The normalized spacial score (nSPS) is 12.6. The maximum atomic E-state index is 5.42. The van der Waals surface area contributed by atoms with Crippen molar-refractivity contribution in [3.63, 3.8) is 0 Å². The summed E-state index contributed by atoms with van der Waals surface area (Å²) < 4.78 is 15.6. The number of rotatable bonds is 10. The third-order valence-electron chi connectivity index (χ3n) is 3.20. The van der Waals surface area contributed by atoms with Crippen molar-refractivity contribution >= 4 is 41.3 Å². The van der Waals surface area contributed by atoms with Crippen LogP contribution < -0.4 is 5.32 Å². The largest absolute Gasteiger partial charge is 0.382 e. The highest BCUT2D eigenvalue weighted by molar-refractivity contribution is 14.0. The van der Waals surface area contributed by atoms with Crippen molar-refractivity contribution in [2.75, 3.05) is 54.7 Å². The van der Waals surface area contributed by atoms with Crippen molar-refractivity contribution in [1.82, 2.24) is 15.2 Å². The van der Waals surface area contributed by atoms with Crippen LogP contribution in [0.5, 0.6) is 0 Å². The van der Waals surface area contributed by atoms with Crippen LogP contribution in [0.3, 0.4) is 0 Å². The monoisotopic (exact) mass is 472 g/mol. The van der Waals surface area contributed by atoms with E-state index in [9.17, 15) is 0 Å². The lowest BCUT2D eigenvalue weighted by molar-refractivity contribution is 0.0731. The maximum Gasteiger partial charge on any atom is 0.193 e. The lowest BCUT2D eigenvalue weighted by Crippen LogP contribution is -2.40. The van der Waals surface area contributed by atoms with Gasteiger partial charge in [-0.3, -0.25) is 4.99 Å². The van der Waals surface area contributed by atoms with Crippen molar-refractivity contribution in [3.8, 4) is 0 Å². The highest BCUT2D eigenvalue weighted by Crippen LogP contribution is 2.20. The van der Waals surface area contributed by atoms with Crippen LogP contribution in [0.1, 0.15) is 23.7 Å². The molecule has 0 fully saturated rings. The smallest absolute Gasteiger partial charge is 0.193 e. The van der Waals surface area contributed by atoms with Crippen LogP contribution in [-0.4, -0.2) is 70.5 Å². The van der Waals surface area contributed by atoms with Gasteiger partial charge in [-0.05, 0) is 6.92 Å². The first-order chi connectivity index (χ1) is 11.1. The van der Waals surface area contributed by atoms with Gasteiger partial charge in [0.1, 0.15) is 11.1 Å². The summed E-state index contributed by atoms with van der Waals surface area (Å²) in [5.41, 5.74) is 1.01. The molecule has 140 valence electrons. The molecule has 1 aromatic heterocycles. The van der Waals surface area contributed by atoms with Crippen LogP contribution in [-0.2, 0) is 20.8 Å². The van der Waals surface area contributed by atoms with Crippen molar-refractivity contribution in [2.45, 2.75) is 19.6 Å². The average molecular weight is 472 g/mol. The van der Waals surface area contributed by atoms with E-state index >= 15 is 0 Å². The third-order valence-corrected chi connectivity index (χ3v) is 4.26. The summed E-state index contributed by atoms with van der Waals surface area (Å²) in [7, 11) is 7.11. The fraction of sp³-hybridized carbons (Fsp3) is 0.733. The van der Waals surface area contributed by atoms with Crippen LogP contribution in [0.15, 0.2) is 10.4 Å². The second kappa shape index (κ2) is 13.8. The minimum Gasteiger partial charge on any atom is -0.382 e. The molecule has 9 heteroatoms. The Hall–Kier alpha value is -0.490. The second-order valence-corrected chi connectivity index (χ2v) is 5.88. The van der Waals surface area contributed by atoms with Crippen LogP contribution in [0.4, 0.5) is 0 Å². The highest BCUT2D eigenvalue weighted by atomic mass is 127. The Bertz CT molecular complexity index is 473. The highest BCUT2D eigenvalue weighted by Gasteiger charge is 2.12. The third kappa shape index (κ3) is 8.56. The molecule has 0 saturated heterocycles. The van der Waals surface area contributed by atoms with Gasteiger partial charge in [0.25, 0.3) is 0 Å². The van der Waals surface area contributed by atoms with Gasteiger partial charge >= 0.3 is 0 Å². The summed E-state index contributed by atoms with van der Waals surface area (Å²) in [5, 5.41) is 6.32. The van der Waals surface area contributed by atoms with Gasteiger partial charge in [0.15, 0.2) is 5.96 Å². The van der Waals surface area contributed by atoms with Gasteiger partial charge in [0, 0.05) is 40.2 Å². The van der Waals surface area contributed by atoms with Crippen molar-refractivity contribution in [3.05, 3.63) is 16.1 Å². The van der Waals surface area contributed by atoms with Gasteiger partial charge in [-0.1, -0.05) is 0 Å². The van der Waals surface area contributed by atoms with Gasteiger partial charge in [-0.2, -0.15) is 0 Å². The molecule has 0 spiro atoms. The molecule has 7 nitrogen and oxygen atoms in total. The summed E-state index contributed by atoms with van der Waals surface area (Å²) in [6.07, 6.45) is 0.0285. The molecule has 1 unspecified atom stereocenters. The summed E-state index contributed by atoms with van der Waals surface area (Å²) in [6.45, 7) is 5.21. The van der Waals surface area contributed by atoms with Crippen LogP contribution in [0.2, 0.25) is 0 Å². The van der Waals surface area contributed by atoms with Crippen LogP contribution in [0.25, 0.3) is 0 Å². The summed E-state index contributed by atoms with van der Waals surface area (Å²) in [4.78, 5) is 10.9. The molecule has 1 rings (SSSR count). The molecule has 24 heavy (non-hydrogen) atoms. The Kier molecular flexibility index (Phi) is 13.5. The predicted octanol–water partition coefficient (Wildman–Crippen LogP) is 2.14. The first-order valence-corrected chi connectivity index (χ1v) is 8.45. The van der Waals surface area contributed by atoms with E-state index < -0.39 is 0 Å². The standard InChI is InChI=1S/C15H28N4O3S.HI/c1-12(21-5)14-18-13(11-23-14)10-19(3)15(16-2)17-6-7-22-9-8-20-4;/h11-12H,6-10H2,1-5H3,(H,16,17);1H. The number of ether oxygens (including phenoxy) is 3. The molecule has 0 aliphatic carbocycles. The van der Waals surface area contributed by atoms with Crippen LogP contribution in [0, 0.1) is 0 Å². The molecule has 1 aromatic rings. The number of aromatic nitrogens is 1. The number of halogens is 1. The minimum absolute atomic E-state index is 0. The number of nitrogens with zero attached hydrogens (tertiary/aromatic N) is 3. The number of guanidine groups is 1. The Morgan fingerprint density at radius 2 is 2.12 bits per heavy atom. The molecule has 0 aliphatic heterocycles.